The number of methoxy groups -OCH3 is 2. The maximum atomic E-state index is 13.7. The summed E-state index contributed by atoms with van der Waals surface area (Å²) in [6.07, 6.45) is 0. The van der Waals surface area contributed by atoms with Gasteiger partial charge in [0.15, 0.2) is 0 Å². The van der Waals surface area contributed by atoms with E-state index in [4.69, 9.17) is 14.2 Å². The maximum absolute atomic E-state index is 13.7. The first-order valence-corrected chi connectivity index (χ1v) is 10.9. The molecule has 174 valence electrons. The minimum absolute atomic E-state index is 0.145. The molecule has 1 heterocycles. The quantitative estimate of drug-likeness (QED) is 0.489. The minimum Gasteiger partial charge on any atom is -0.497 e. The van der Waals surface area contributed by atoms with Crippen LogP contribution >= 0.6 is 0 Å². The van der Waals surface area contributed by atoms with Gasteiger partial charge < -0.3 is 19.5 Å². The van der Waals surface area contributed by atoms with Crippen LogP contribution in [0, 0.1) is 6.92 Å². The number of imide groups is 1. The fraction of sp³-hybridized carbons (Fsp3) is 0.185. The van der Waals surface area contributed by atoms with Gasteiger partial charge in [-0.15, -0.1) is 0 Å². The van der Waals surface area contributed by atoms with E-state index >= 15 is 0 Å². The second-order valence-electron chi connectivity index (χ2n) is 7.65. The smallest absolute Gasteiger partial charge is 0.282 e. The van der Waals surface area contributed by atoms with E-state index in [1.54, 1.807) is 49.6 Å². The Balaban J connectivity index is 1.86. The van der Waals surface area contributed by atoms with Crippen molar-refractivity contribution in [2.75, 3.05) is 31.0 Å². The summed E-state index contributed by atoms with van der Waals surface area (Å²) in [6, 6.07) is 19.7. The number of rotatable bonds is 8. The van der Waals surface area contributed by atoms with Crippen molar-refractivity contribution in [3.8, 4) is 17.2 Å². The number of carbonyl (C=O) groups excluding carboxylic acids is 2. The molecule has 3 aromatic rings. The lowest BCUT2D eigenvalue weighted by molar-refractivity contribution is -0.120. The highest BCUT2D eigenvalue weighted by atomic mass is 16.5. The summed E-state index contributed by atoms with van der Waals surface area (Å²) in [5, 5.41) is 3.15. The summed E-state index contributed by atoms with van der Waals surface area (Å²) in [6.45, 7) is 4.21. The van der Waals surface area contributed by atoms with Gasteiger partial charge in [0.05, 0.1) is 37.8 Å². The van der Waals surface area contributed by atoms with Crippen LogP contribution in [-0.2, 0) is 9.59 Å². The first-order valence-electron chi connectivity index (χ1n) is 10.9. The molecule has 1 N–H and O–H groups in total. The van der Waals surface area contributed by atoms with Crippen LogP contribution in [0.25, 0.3) is 5.57 Å². The van der Waals surface area contributed by atoms with Crippen molar-refractivity contribution in [2.24, 2.45) is 0 Å². The molecule has 7 heteroatoms. The summed E-state index contributed by atoms with van der Waals surface area (Å²) in [5.41, 5.74) is 2.97. The fourth-order valence-electron chi connectivity index (χ4n) is 3.82. The number of carbonyl (C=O) groups is 2. The van der Waals surface area contributed by atoms with E-state index in [1.165, 1.54) is 7.11 Å². The third kappa shape index (κ3) is 4.20. The van der Waals surface area contributed by atoms with Crippen LogP contribution in [0.2, 0.25) is 0 Å². The number of benzene rings is 3. The molecule has 0 spiro atoms. The molecule has 34 heavy (non-hydrogen) atoms. The molecule has 0 bridgehead atoms. The van der Waals surface area contributed by atoms with E-state index in [1.807, 2.05) is 38.1 Å². The maximum Gasteiger partial charge on any atom is 0.282 e. The zero-order chi connectivity index (χ0) is 24.2. The van der Waals surface area contributed by atoms with E-state index in [0.717, 1.165) is 10.5 Å². The topological polar surface area (TPSA) is 77.1 Å². The van der Waals surface area contributed by atoms with E-state index in [2.05, 4.69) is 5.32 Å². The lowest BCUT2D eigenvalue weighted by atomic mass is 10.0. The molecular weight excluding hydrogens is 432 g/mol. The average Bonchev–Trinajstić information content (AvgIpc) is 3.09. The molecule has 0 saturated heterocycles. The molecular formula is C27H26N2O5. The SMILES string of the molecule is CCOc1ccccc1N1C(=O)C(Nc2cc(OC)ccc2OC)=C(c2ccc(C)cc2)C1=O. The van der Waals surface area contributed by atoms with Crippen LogP contribution in [0.5, 0.6) is 17.2 Å². The van der Waals surface area contributed by atoms with Crippen molar-refractivity contribution in [1.82, 2.24) is 0 Å². The fourth-order valence-corrected chi connectivity index (χ4v) is 3.82. The van der Waals surface area contributed by atoms with Crippen LogP contribution < -0.4 is 24.4 Å². The number of amides is 2. The van der Waals surface area contributed by atoms with Crippen LogP contribution in [0.15, 0.2) is 72.4 Å². The van der Waals surface area contributed by atoms with Gasteiger partial charge in [-0.2, -0.15) is 0 Å². The Hall–Kier alpha value is -4.26. The Morgan fingerprint density at radius 2 is 1.59 bits per heavy atom. The van der Waals surface area contributed by atoms with Gasteiger partial charge in [-0.25, -0.2) is 4.90 Å². The zero-order valence-electron chi connectivity index (χ0n) is 19.5. The van der Waals surface area contributed by atoms with Crippen molar-refractivity contribution >= 4 is 28.8 Å². The van der Waals surface area contributed by atoms with Crippen molar-refractivity contribution < 1.29 is 23.8 Å². The largest absolute Gasteiger partial charge is 0.497 e. The van der Waals surface area contributed by atoms with Gasteiger partial charge in [-0.05, 0) is 43.7 Å². The summed E-state index contributed by atoms with van der Waals surface area (Å²) < 4.78 is 16.5. The molecule has 0 aromatic heterocycles. The Labute approximate surface area is 198 Å². The number of ether oxygens (including phenoxy) is 3. The number of nitrogens with zero attached hydrogens (tertiary/aromatic N) is 1. The minimum atomic E-state index is -0.488. The second kappa shape index (κ2) is 9.70. The monoisotopic (exact) mass is 458 g/mol. The summed E-state index contributed by atoms with van der Waals surface area (Å²) in [7, 11) is 3.09. The molecule has 0 atom stereocenters. The normalized spacial score (nSPS) is 13.4. The van der Waals surface area contributed by atoms with Gasteiger partial charge in [0, 0.05) is 6.07 Å². The highest BCUT2D eigenvalue weighted by molar-refractivity contribution is 6.46. The van der Waals surface area contributed by atoms with E-state index in [9.17, 15) is 9.59 Å². The van der Waals surface area contributed by atoms with Crippen LogP contribution in [-0.4, -0.2) is 32.6 Å². The van der Waals surface area contributed by atoms with Crippen LogP contribution in [0.1, 0.15) is 18.1 Å². The number of aryl methyl sites for hydroxylation is 1. The summed E-state index contributed by atoms with van der Waals surface area (Å²) in [4.78, 5) is 28.6. The lowest BCUT2D eigenvalue weighted by Crippen LogP contribution is -2.32. The first-order chi connectivity index (χ1) is 16.5. The highest BCUT2D eigenvalue weighted by Gasteiger charge is 2.41. The molecule has 0 saturated carbocycles. The van der Waals surface area contributed by atoms with Gasteiger partial charge in [-0.1, -0.05) is 42.0 Å². The Morgan fingerprint density at radius 3 is 2.26 bits per heavy atom. The molecule has 0 aliphatic carbocycles. The van der Waals surface area contributed by atoms with Crippen LogP contribution in [0.3, 0.4) is 0 Å². The molecule has 7 nitrogen and oxygen atoms in total. The second-order valence-corrected chi connectivity index (χ2v) is 7.65. The van der Waals surface area contributed by atoms with Gasteiger partial charge in [-0.3, -0.25) is 9.59 Å². The highest BCUT2D eigenvalue weighted by Crippen LogP contribution is 2.39. The van der Waals surface area contributed by atoms with E-state index in [-0.39, 0.29) is 11.3 Å². The summed E-state index contributed by atoms with van der Waals surface area (Å²) in [5.74, 6) is 0.610. The van der Waals surface area contributed by atoms with Gasteiger partial charge in [0.25, 0.3) is 11.8 Å². The van der Waals surface area contributed by atoms with Gasteiger partial charge in [0.2, 0.25) is 0 Å². The predicted octanol–water partition coefficient (Wildman–Crippen LogP) is 4.81. The number of hydrogen-bond donors (Lipinski definition) is 1. The zero-order valence-corrected chi connectivity index (χ0v) is 19.5. The molecule has 0 radical (unpaired) electrons. The Kier molecular flexibility index (Phi) is 6.54. The predicted molar refractivity (Wildman–Crippen MR) is 131 cm³/mol. The Bertz CT molecular complexity index is 1260. The molecule has 1 aliphatic heterocycles. The number of hydrogen-bond acceptors (Lipinski definition) is 6. The van der Waals surface area contributed by atoms with E-state index < -0.39 is 11.8 Å². The molecule has 3 aromatic carbocycles. The molecule has 0 unspecified atom stereocenters. The van der Waals surface area contributed by atoms with Crippen LogP contribution in [0.4, 0.5) is 11.4 Å². The number of anilines is 2. The van der Waals surface area contributed by atoms with E-state index in [0.29, 0.717) is 40.8 Å². The third-order valence-electron chi connectivity index (χ3n) is 5.50. The first kappa shape index (κ1) is 22.9. The summed E-state index contributed by atoms with van der Waals surface area (Å²) >= 11 is 0. The molecule has 0 fully saturated rings. The lowest BCUT2D eigenvalue weighted by Gasteiger charge is -2.19. The van der Waals surface area contributed by atoms with Crippen molar-refractivity contribution in [2.45, 2.75) is 13.8 Å². The molecule has 1 aliphatic rings. The molecule has 4 rings (SSSR count). The standard InChI is InChI=1S/C27H26N2O5/c1-5-34-23-9-7-6-8-21(23)29-26(30)24(18-12-10-17(2)11-13-18)25(27(29)31)28-20-16-19(32-3)14-15-22(20)33-4/h6-16,28H,5H2,1-4H3. The van der Waals surface area contributed by atoms with Crippen molar-refractivity contribution in [3.63, 3.8) is 0 Å². The number of para-hydroxylation sites is 2. The number of nitrogens with one attached hydrogen (secondary N) is 1. The Morgan fingerprint density at radius 1 is 0.853 bits per heavy atom. The molecule has 2 amide bonds. The van der Waals surface area contributed by atoms with Crippen molar-refractivity contribution in [3.05, 3.63) is 83.6 Å². The average molecular weight is 459 g/mol. The van der Waals surface area contributed by atoms with Gasteiger partial charge in [0.1, 0.15) is 22.9 Å². The van der Waals surface area contributed by atoms with Crippen molar-refractivity contribution in [1.29, 1.82) is 0 Å². The third-order valence-corrected chi connectivity index (χ3v) is 5.50. The van der Waals surface area contributed by atoms with Gasteiger partial charge >= 0.3 is 0 Å².